The minimum absolute atomic E-state index is 0.152. The van der Waals surface area contributed by atoms with E-state index in [0.29, 0.717) is 12.0 Å². The average Bonchev–Trinajstić information content (AvgIpc) is 2.34. The van der Waals surface area contributed by atoms with Gasteiger partial charge in [0.05, 0.1) is 0 Å². The number of nitrogens with zero attached hydrogens (tertiary/aromatic N) is 1. The molecule has 2 bridgehead atoms. The number of nitrogens with two attached hydrogens (primary N) is 1. The van der Waals surface area contributed by atoms with E-state index in [2.05, 4.69) is 30.9 Å². The molecule has 1 fully saturated rings. The molecule has 1 saturated heterocycles. The number of carbonyl (C=O) groups is 1. The van der Waals surface area contributed by atoms with Crippen LogP contribution in [0.2, 0.25) is 0 Å². The molecule has 102 valence electrons. The third-order valence-electron chi connectivity index (χ3n) is 5.44. The van der Waals surface area contributed by atoms with Crippen molar-refractivity contribution in [2.45, 2.75) is 45.1 Å². The fraction of sp³-hybridized carbons (Fsp3) is 0.562. The SMILES string of the molecule is CC(=O)N1CCC2(C)c3cc(N)ccc3CC1C2C. The number of benzene rings is 1. The van der Waals surface area contributed by atoms with Gasteiger partial charge < -0.3 is 10.6 Å². The summed E-state index contributed by atoms with van der Waals surface area (Å²) in [6, 6.07) is 6.61. The first kappa shape index (κ1) is 12.5. The number of piperidine rings is 1. The van der Waals surface area contributed by atoms with Crippen molar-refractivity contribution in [1.29, 1.82) is 0 Å². The van der Waals surface area contributed by atoms with Crippen molar-refractivity contribution in [2.75, 3.05) is 12.3 Å². The largest absolute Gasteiger partial charge is 0.399 e. The van der Waals surface area contributed by atoms with Gasteiger partial charge in [-0.25, -0.2) is 0 Å². The lowest BCUT2D eigenvalue weighted by Crippen LogP contribution is -2.59. The highest BCUT2D eigenvalue weighted by Gasteiger charge is 2.48. The fourth-order valence-electron chi connectivity index (χ4n) is 4.03. The third-order valence-corrected chi connectivity index (χ3v) is 5.44. The van der Waals surface area contributed by atoms with Gasteiger partial charge in [0.15, 0.2) is 0 Å². The third kappa shape index (κ3) is 1.67. The number of amides is 1. The van der Waals surface area contributed by atoms with Crippen LogP contribution in [0.25, 0.3) is 0 Å². The highest BCUT2D eigenvalue weighted by Crippen LogP contribution is 2.48. The van der Waals surface area contributed by atoms with Crippen molar-refractivity contribution in [3.05, 3.63) is 29.3 Å². The zero-order valence-corrected chi connectivity index (χ0v) is 11.9. The Hall–Kier alpha value is -1.51. The smallest absolute Gasteiger partial charge is 0.219 e. The Morgan fingerprint density at radius 3 is 2.89 bits per heavy atom. The first-order valence-electron chi connectivity index (χ1n) is 7.09. The molecule has 3 nitrogen and oxygen atoms in total. The van der Waals surface area contributed by atoms with Crippen LogP contribution in [-0.2, 0) is 16.6 Å². The number of carbonyl (C=O) groups excluding carboxylic acids is 1. The minimum atomic E-state index is 0.152. The maximum Gasteiger partial charge on any atom is 0.219 e. The zero-order valence-electron chi connectivity index (χ0n) is 11.9. The highest BCUT2D eigenvalue weighted by molar-refractivity contribution is 5.74. The number of rotatable bonds is 0. The normalized spacial score (nSPS) is 32.9. The lowest BCUT2D eigenvalue weighted by Gasteiger charge is -2.54. The summed E-state index contributed by atoms with van der Waals surface area (Å²) >= 11 is 0. The predicted molar refractivity (Wildman–Crippen MR) is 76.9 cm³/mol. The van der Waals surface area contributed by atoms with Crippen LogP contribution in [0.1, 0.15) is 38.3 Å². The summed E-state index contributed by atoms with van der Waals surface area (Å²) in [4.78, 5) is 13.9. The first-order chi connectivity index (χ1) is 8.93. The predicted octanol–water partition coefficient (Wildman–Crippen LogP) is 2.34. The average molecular weight is 258 g/mol. The van der Waals surface area contributed by atoms with E-state index in [-0.39, 0.29) is 11.3 Å². The Morgan fingerprint density at radius 2 is 2.21 bits per heavy atom. The van der Waals surface area contributed by atoms with E-state index in [9.17, 15) is 4.79 Å². The van der Waals surface area contributed by atoms with Crippen molar-refractivity contribution in [3.8, 4) is 0 Å². The lowest BCUT2D eigenvalue weighted by molar-refractivity contribution is -0.136. The Morgan fingerprint density at radius 1 is 1.47 bits per heavy atom. The molecule has 3 unspecified atom stereocenters. The molecule has 0 aromatic heterocycles. The summed E-state index contributed by atoms with van der Waals surface area (Å²) in [5.74, 6) is 0.692. The van der Waals surface area contributed by atoms with E-state index in [1.807, 2.05) is 6.07 Å². The van der Waals surface area contributed by atoms with Gasteiger partial charge in [-0.2, -0.15) is 0 Å². The second-order valence-electron chi connectivity index (χ2n) is 6.36. The van der Waals surface area contributed by atoms with Crippen LogP contribution in [0.15, 0.2) is 18.2 Å². The molecule has 19 heavy (non-hydrogen) atoms. The molecule has 1 aromatic rings. The molecule has 0 saturated carbocycles. The van der Waals surface area contributed by atoms with Gasteiger partial charge in [0.25, 0.3) is 0 Å². The van der Waals surface area contributed by atoms with Crippen LogP contribution in [0.4, 0.5) is 5.69 Å². The topological polar surface area (TPSA) is 46.3 Å². The van der Waals surface area contributed by atoms with Crippen molar-refractivity contribution >= 4 is 11.6 Å². The van der Waals surface area contributed by atoms with Gasteiger partial charge in [0.2, 0.25) is 5.91 Å². The molecule has 1 aliphatic heterocycles. The van der Waals surface area contributed by atoms with Crippen LogP contribution < -0.4 is 5.73 Å². The maximum absolute atomic E-state index is 11.8. The lowest BCUT2D eigenvalue weighted by atomic mass is 9.59. The number of nitrogen functional groups attached to an aromatic ring is 1. The maximum atomic E-state index is 11.8. The van der Waals surface area contributed by atoms with Crippen LogP contribution >= 0.6 is 0 Å². The molecule has 3 rings (SSSR count). The summed E-state index contributed by atoms with van der Waals surface area (Å²) in [6.07, 6.45) is 1.99. The second-order valence-corrected chi connectivity index (χ2v) is 6.36. The Bertz CT molecular complexity index is 540. The second kappa shape index (κ2) is 3.99. The summed E-state index contributed by atoms with van der Waals surface area (Å²) in [6.45, 7) is 7.18. The quantitative estimate of drug-likeness (QED) is 0.726. The monoisotopic (exact) mass is 258 g/mol. The van der Waals surface area contributed by atoms with Gasteiger partial charge in [0, 0.05) is 25.2 Å². The van der Waals surface area contributed by atoms with Crippen molar-refractivity contribution < 1.29 is 4.79 Å². The molecule has 2 aliphatic rings. The molecular formula is C16H22N2O. The van der Waals surface area contributed by atoms with Crippen LogP contribution in [0.5, 0.6) is 0 Å². The summed E-state index contributed by atoms with van der Waals surface area (Å²) in [5, 5.41) is 0. The van der Waals surface area contributed by atoms with Crippen LogP contribution in [0, 0.1) is 5.92 Å². The van der Waals surface area contributed by atoms with E-state index >= 15 is 0 Å². The van der Waals surface area contributed by atoms with Gasteiger partial charge >= 0.3 is 0 Å². The van der Waals surface area contributed by atoms with Crippen LogP contribution in [-0.4, -0.2) is 23.4 Å². The molecule has 0 radical (unpaired) electrons. The van der Waals surface area contributed by atoms with Gasteiger partial charge in [-0.05, 0) is 47.4 Å². The molecular weight excluding hydrogens is 236 g/mol. The van der Waals surface area contributed by atoms with Gasteiger partial charge in [0.1, 0.15) is 0 Å². The molecule has 2 N–H and O–H groups in total. The number of hydrogen-bond donors (Lipinski definition) is 1. The molecule has 1 heterocycles. The minimum Gasteiger partial charge on any atom is -0.399 e. The zero-order chi connectivity index (χ0) is 13.8. The van der Waals surface area contributed by atoms with E-state index in [1.165, 1.54) is 11.1 Å². The van der Waals surface area contributed by atoms with Crippen molar-refractivity contribution in [3.63, 3.8) is 0 Å². The molecule has 3 heteroatoms. The van der Waals surface area contributed by atoms with Gasteiger partial charge in [-0.3, -0.25) is 4.79 Å². The first-order valence-corrected chi connectivity index (χ1v) is 7.09. The van der Waals surface area contributed by atoms with E-state index in [0.717, 1.165) is 25.1 Å². The molecule has 1 aliphatic carbocycles. The van der Waals surface area contributed by atoms with Crippen molar-refractivity contribution in [2.24, 2.45) is 5.92 Å². The summed E-state index contributed by atoms with van der Waals surface area (Å²) in [5.41, 5.74) is 9.73. The van der Waals surface area contributed by atoms with E-state index in [4.69, 9.17) is 5.73 Å². The van der Waals surface area contributed by atoms with E-state index in [1.54, 1.807) is 6.92 Å². The highest BCUT2D eigenvalue weighted by atomic mass is 16.2. The number of likely N-dealkylation sites (tertiary alicyclic amines) is 1. The standard InChI is InChI=1S/C16H22N2O/c1-10-15-8-12-4-5-13(17)9-14(12)16(10,3)6-7-18(15)11(2)19/h4-5,9-10,15H,6-8,17H2,1-3H3. The molecule has 3 atom stereocenters. The van der Waals surface area contributed by atoms with E-state index < -0.39 is 0 Å². The summed E-state index contributed by atoms with van der Waals surface area (Å²) in [7, 11) is 0. The fourth-order valence-corrected chi connectivity index (χ4v) is 4.03. The number of fused-ring (bicyclic) bond motifs is 4. The summed E-state index contributed by atoms with van der Waals surface area (Å²) < 4.78 is 0. The Kier molecular flexibility index (Phi) is 2.63. The van der Waals surface area contributed by atoms with Gasteiger partial charge in [-0.15, -0.1) is 0 Å². The molecule has 1 amide bonds. The van der Waals surface area contributed by atoms with Gasteiger partial charge in [-0.1, -0.05) is 19.9 Å². The Labute approximate surface area is 114 Å². The Balaban J connectivity index is 2.11. The van der Waals surface area contributed by atoms with Crippen LogP contribution in [0.3, 0.4) is 0 Å². The van der Waals surface area contributed by atoms with Crippen molar-refractivity contribution in [1.82, 2.24) is 4.90 Å². The molecule has 1 aromatic carbocycles. The molecule has 0 spiro atoms. The number of hydrogen-bond acceptors (Lipinski definition) is 2. The number of anilines is 1.